The molecule has 2 aliphatic rings. The molecule has 3 amide bonds. The molecule has 0 aromatic heterocycles. The number of ether oxygens (including phenoxy) is 1. The number of nitrogens with one attached hydrogen (secondary N) is 1. The molecule has 1 N–H and O–H groups in total. The van der Waals surface area contributed by atoms with Gasteiger partial charge in [0.2, 0.25) is 5.91 Å². The van der Waals surface area contributed by atoms with Gasteiger partial charge in [0, 0.05) is 26.3 Å². The number of amides is 3. The van der Waals surface area contributed by atoms with Crippen molar-refractivity contribution in [1.29, 1.82) is 0 Å². The summed E-state index contributed by atoms with van der Waals surface area (Å²) in [6.07, 6.45) is 1.42. The third-order valence-corrected chi connectivity index (χ3v) is 3.29. The number of carbonyl (C=O) groups excluding carboxylic acids is 2. The van der Waals surface area contributed by atoms with Crippen LogP contribution in [-0.2, 0) is 9.53 Å². The number of carbonyl (C=O) groups is 2. The number of nitrogens with zero attached hydrogens (tertiary/aromatic N) is 1. The van der Waals surface area contributed by atoms with Gasteiger partial charge in [-0.15, -0.1) is 0 Å². The quantitative estimate of drug-likeness (QED) is 0.682. The summed E-state index contributed by atoms with van der Waals surface area (Å²) in [5.74, 6) is -0.0305. The summed E-state index contributed by atoms with van der Waals surface area (Å²) in [5.41, 5.74) is -0.401. The minimum Gasteiger partial charge on any atom is -0.381 e. The largest absolute Gasteiger partial charge is 0.381 e. The first-order valence-electron chi connectivity index (χ1n) is 5.37. The smallest absolute Gasteiger partial charge is 0.324 e. The average Bonchev–Trinajstić information content (AvgIpc) is 2.27. The molecule has 0 aromatic carbocycles. The second kappa shape index (κ2) is 3.81. The van der Waals surface area contributed by atoms with Gasteiger partial charge >= 0.3 is 6.03 Å². The van der Waals surface area contributed by atoms with Crippen LogP contribution >= 0.6 is 0 Å². The third-order valence-electron chi connectivity index (χ3n) is 3.29. The van der Waals surface area contributed by atoms with E-state index in [1.807, 2.05) is 6.92 Å². The summed E-state index contributed by atoms with van der Waals surface area (Å²) in [5, 5.41) is 2.78. The second-order valence-electron chi connectivity index (χ2n) is 4.10. The van der Waals surface area contributed by atoms with Crippen molar-refractivity contribution in [2.24, 2.45) is 5.41 Å². The van der Waals surface area contributed by atoms with Crippen LogP contribution in [0.15, 0.2) is 0 Å². The van der Waals surface area contributed by atoms with Gasteiger partial charge in [0.15, 0.2) is 0 Å². The van der Waals surface area contributed by atoms with Crippen molar-refractivity contribution in [3.8, 4) is 0 Å². The first kappa shape index (κ1) is 10.4. The van der Waals surface area contributed by atoms with Crippen molar-refractivity contribution in [2.75, 3.05) is 26.3 Å². The van der Waals surface area contributed by atoms with Gasteiger partial charge in [-0.1, -0.05) is 0 Å². The van der Waals surface area contributed by atoms with E-state index in [2.05, 4.69) is 5.32 Å². The molecular formula is C10H16N2O3. The van der Waals surface area contributed by atoms with Gasteiger partial charge in [0.05, 0.1) is 5.41 Å². The highest BCUT2D eigenvalue weighted by molar-refractivity contribution is 6.00. The lowest BCUT2D eigenvalue weighted by Gasteiger charge is -2.42. The van der Waals surface area contributed by atoms with Gasteiger partial charge < -0.3 is 10.1 Å². The molecule has 0 atom stereocenters. The summed E-state index contributed by atoms with van der Waals surface area (Å²) >= 11 is 0. The van der Waals surface area contributed by atoms with Crippen molar-refractivity contribution < 1.29 is 14.3 Å². The molecule has 0 aliphatic carbocycles. The lowest BCUT2D eigenvalue weighted by atomic mass is 9.77. The summed E-state index contributed by atoms with van der Waals surface area (Å²) in [4.78, 5) is 24.9. The fourth-order valence-corrected chi connectivity index (χ4v) is 2.23. The molecule has 2 rings (SSSR count). The maximum atomic E-state index is 12.2. The molecule has 5 nitrogen and oxygen atoms in total. The van der Waals surface area contributed by atoms with Crippen LogP contribution in [0.1, 0.15) is 19.8 Å². The maximum absolute atomic E-state index is 12.2. The van der Waals surface area contributed by atoms with Crippen LogP contribution in [0.4, 0.5) is 4.79 Å². The number of hydrogen-bond donors (Lipinski definition) is 1. The van der Waals surface area contributed by atoms with Crippen LogP contribution in [0.2, 0.25) is 0 Å². The van der Waals surface area contributed by atoms with E-state index < -0.39 is 5.41 Å². The molecular weight excluding hydrogens is 196 g/mol. The van der Waals surface area contributed by atoms with Crippen molar-refractivity contribution in [3.63, 3.8) is 0 Å². The number of imide groups is 1. The van der Waals surface area contributed by atoms with Crippen molar-refractivity contribution in [2.45, 2.75) is 19.8 Å². The minimum atomic E-state index is -0.401. The molecule has 2 saturated heterocycles. The van der Waals surface area contributed by atoms with E-state index in [-0.39, 0.29) is 11.9 Å². The zero-order valence-electron chi connectivity index (χ0n) is 8.91. The Morgan fingerprint density at radius 1 is 1.40 bits per heavy atom. The Kier molecular flexibility index (Phi) is 2.65. The van der Waals surface area contributed by atoms with Crippen LogP contribution in [0.3, 0.4) is 0 Å². The fraction of sp³-hybridized carbons (Fsp3) is 0.800. The zero-order valence-corrected chi connectivity index (χ0v) is 8.91. The molecule has 15 heavy (non-hydrogen) atoms. The molecule has 1 spiro atoms. The lowest BCUT2D eigenvalue weighted by molar-refractivity contribution is -0.146. The molecule has 0 unspecified atom stereocenters. The summed E-state index contributed by atoms with van der Waals surface area (Å²) < 4.78 is 5.26. The Balaban J connectivity index is 2.19. The molecule has 0 bridgehead atoms. The molecule has 2 fully saturated rings. The van der Waals surface area contributed by atoms with Crippen molar-refractivity contribution in [1.82, 2.24) is 10.2 Å². The zero-order chi connectivity index (χ0) is 10.9. The van der Waals surface area contributed by atoms with E-state index in [4.69, 9.17) is 4.74 Å². The van der Waals surface area contributed by atoms with E-state index in [0.717, 1.165) is 0 Å². The predicted molar refractivity (Wildman–Crippen MR) is 53.3 cm³/mol. The normalized spacial score (nSPS) is 25.5. The monoisotopic (exact) mass is 212 g/mol. The van der Waals surface area contributed by atoms with Crippen molar-refractivity contribution in [3.05, 3.63) is 0 Å². The lowest BCUT2D eigenvalue weighted by Crippen LogP contribution is -2.61. The van der Waals surface area contributed by atoms with E-state index in [0.29, 0.717) is 39.1 Å². The van der Waals surface area contributed by atoms with Gasteiger partial charge in [-0.3, -0.25) is 9.69 Å². The first-order chi connectivity index (χ1) is 7.19. The molecule has 84 valence electrons. The van der Waals surface area contributed by atoms with Gasteiger partial charge in [-0.05, 0) is 19.8 Å². The summed E-state index contributed by atoms with van der Waals surface area (Å²) in [6, 6.07) is -0.264. The predicted octanol–water partition coefficient (Wildman–Crippen LogP) is 0.355. The Morgan fingerprint density at radius 3 is 2.67 bits per heavy atom. The Morgan fingerprint density at radius 2 is 2.07 bits per heavy atom. The molecule has 0 radical (unpaired) electrons. The topological polar surface area (TPSA) is 58.6 Å². The van der Waals surface area contributed by atoms with Gasteiger partial charge in [0.1, 0.15) is 0 Å². The molecule has 0 saturated carbocycles. The van der Waals surface area contributed by atoms with Crippen LogP contribution in [0.25, 0.3) is 0 Å². The van der Waals surface area contributed by atoms with Crippen LogP contribution < -0.4 is 5.32 Å². The van der Waals surface area contributed by atoms with Gasteiger partial charge in [-0.2, -0.15) is 0 Å². The third kappa shape index (κ3) is 1.61. The average molecular weight is 212 g/mol. The van der Waals surface area contributed by atoms with E-state index in [1.165, 1.54) is 4.90 Å². The van der Waals surface area contributed by atoms with Crippen LogP contribution in [0.5, 0.6) is 0 Å². The van der Waals surface area contributed by atoms with Gasteiger partial charge in [-0.25, -0.2) is 4.79 Å². The van der Waals surface area contributed by atoms with E-state index in [9.17, 15) is 9.59 Å². The Bertz CT molecular complexity index is 284. The number of rotatable bonds is 1. The Labute approximate surface area is 88.8 Å². The van der Waals surface area contributed by atoms with Crippen LogP contribution in [0, 0.1) is 5.41 Å². The maximum Gasteiger partial charge on any atom is 0.324 e. The standard InChI is InChI=1S/C10H16N2O3/c1-2-12-8(13)10(7-11-9(12)14)3-5-15-6-4-10/h2-7H2,1H3,(H,11,14). The number of hydrogen-bond acceptors (Lipinski definition) is 3. The van der Waals surface area contributed by atoms with Crippen molar-refractivity contribution >= 4 is 11.9 Å². The highest BCUT2D eigenvalue weighted by atomic mass is 16.5. The summed E-state index contributed by atoms with van der Waals surface area (Å²) in [7, 11) is 0. The minimum absolute atomic E-state index is 0.0305. The van der Waals surface area contributed by atoms with Gasteiger partial charge in [0.25, 0.3) is 0 Å². The molecule has 2 aliphatic heterocycles. The molecule has 5 heteroatoms. The highest BCUT2D eigenvalue weighted by Crippen LogP contribution is 2.34. The second-order valence-corrected chi connectivity index (χ2v) is 4.10. The first-order valence-corrected chi connectivity index (χ1v) is 5.37. The van der Waals surface area contributed by atoms with E-state index in [1.54, 1.807) is 0 Å². The number of urea groups is 1. The molecule has 2 heterocycles. The SMILES string of the molecule is CCN1C(=O)NCC2(CCOCC2)C1=O. The summed E-state index contributed by atoms with van der Waals surface area (Å²) in [6.45, 7) is 3.94. The highest BCUT2D eigenvalue weighted by Gasteiger charge is 2.47. The fourth-order valence-electron chi connectivity index (χ4n) is 2.23. The van der Waals surface area contributed by atoms with E-state index >= 15 is 0 Å². The molecule has 0 aromatic rings. The Hall–Kier alpha value is -1.10. The van der Waals surface area contributed by atoms with Crippen LogP contribution in [-0.4, -0.2) is 43.1 Å².